The summed E-state index contributed by atoms with van der Waals surface area (Å²) in [5.74, 6) is 0.103. The Kier molecular flexibility index (Phi) is 7.70. The zero-order valence-electron chi connectivity index (χ0n) is 12.2. The topological polar surface area (TPSA) is 35.6 Å². The van der Waals surface area contributed by atoms with E-state index in [1.807, 2.05) is 18.0 Å². The van der Waals surface area contributed by atoms with E-state index in [9.17, 15) is 4.79 Å². The average Bonchev–Trinajstić information content (AvgIpc) is 2.87. The molecule has 0 aliphatic carbocycles. The summed E-state index contributed by atoms with van der Waals surface area (Å²) in [7, 11) is 1.98. The third kappa shape index (κ3) is 6.71. The van der Waals surface area contributed by atoms with Crippen molar-refractivity contribution in [3.63, 3.8) is 0 Å². The van der Waals surface area contributed by atoms with Crippen molar-refractivity contribution in [1.82, 2.24) is 15.1 Å². The second-order valence-electron chi connectivity index (χ2n) is 4.63. The molecule has 1 rings (SSSR count). The van der Waals surface area contributed by atoms with Crippen LogP contribution in [0.25, 0.3) is 0 Å². The van der Waals surface area contributed by atoms with Crippen molar-refractivity contribution in [1.29, 1.82) is 0 Å². The molecule has 0 radical (unpaired) electrons. The van der Waals surface area contributed by atoms with Gasteiger partial charge in [-0.1, -0.05) is 19.9 Å². The summed E-state index contributed by atoms with van der Waals surface area (Å²) in [5.41, 5.74) is 0. The van der Waals surface area contributed by atoms with Gasteiger partial charge >= 0.3 is 0 Å². The highest BCUT2D eigenvalue weighted by atomic mass is 32.1. The number of nitrogens with zero attached hydrogens (tertiary/aromatic N) is 2. The highest BCUT2D eigenvalue weighted by Gasteiger charge is 2.07. The van der Waals surface area contributed by atoms with Gasteiger partial charge in [-0.15, -0.1) is 11.3 Å². The maximum absolute atomic E-state index is 11.8. The molecule has 0 aliphatic rings. The van der Waals surface area contributed by atoms with E-state index in [0.717, 1.165) is 32.7 Å². The number of likely N-dealkylation sites (N-methyl/N-ethyl adjacent to an activating group) is 2. The summed E-state index contributed by atoms with van der Waals surface area (Å²) in [5, 5.41) is 5.04. The summed E-state index contributed by atoms with van der Waals surface area (Å²) < 4.78 is 0. The molecular weight excluding hydrogens is 258 g/mol. The van der Waals surface area contributed by atoms with E-state index in [2.05, 4.69) is 35.5 Å². The van der Waals surface area contributed by atoms with Crippen molar-refractivity contribution in [2.24, 2.45) is 0 Å². The van der Waals surface area contributed by atoms with Gasteiger partial charge < -0.3 is 10.2 Å². The van der Waals surface area contributed by atoms with Gasteiger partial charge in [0.2, 0.25) is 5.91 Å². The van der Waals surface area contributed by atoms with Crippen LogP contribution in [0.5, 0.6) is 0 Å². The number of carbonyl (C=O) groups is 1. The molecule has 0 unspecified atom stereocenters. The zero-order valence-corrected chi connectivity index (χ0v) is 13.0. The summed E-state index contributed by atoms with van der Waals surface area (Å²) >= 11 is 1.73. The van der Waals surface area contributed by atoms with E-state index in [1.165, 1.54) is 4.88 Å². The lowest BCUT2D eigenvalue weighted by Crippen LogP contribution is -2.39. The third-order valence-corrected chi connectivity index (χ3v) is 3.93. The standard InChI is InChI=1S/C14H25N3OS/c1-4-17(5-2)9-8-15-14(18)12-16(3)11-13-7-6-10-19-13/h6-7,10H,4-5,8-9,11-12H2,1-3H3,(H,15,18). The number of thiophene rings is 1. The van der Waals surface area contributed by atoms with E-state index < -0.39 is 0 Å². The van der Waals surface area contributed by atoms with Crippen LogP contribution in [-0.4, -0.2) is 55.5 Å². The van der Waals surface area contributed by atoms with Crippen molar-refractivity contribution >= 4 is 17.2 Å². The minimum absolute atomic E-state index is 0.103. The molecular formula is C14H25N3OS. The molecule has 4 nitrogen and oxygen atoms in total. The van der Waals surface area contributed by atoms with Crippen LogP contribution in [0.2, 0.25) is 0 Å². The number of amides is 1. The Morgan fingerprint density at radius 3 is 2.68 bits per heavy atom. The maximum Gasteiger partial charge on any atom is 0.234 e. The van der Waals surface area contributed by atoms with E-state index in [4.69, 9.17) is 0 Å². The molecule has 0 saturated heterocycles. The van der Waals surface area contributed by atoms with Gasteiger partial charge in [0, 0.05) is 24.5 Å². The van der Waals surface area contributed by atoms with Gasteiger partial charge in [-0.05, 0) is 31.6 Å². The van der Waals surface area contributed by atoms with Gasteiger partial charge in [0.1, 0.15) is 0 Å². The molecule has 0 spiro atoms. The second kappa shape index (κ2) is 9.07. The van der Waals surface area contributed by atoms with Crippen LogP contribution in [0, 0.1) is 0 Å². The SMILES string of the molecule is CCN(CC)CCNC(=O)CN(C)Cc1cccs1. The number of carbonyl (C=O) groups excluding carboxylic acids is 1. The molecule has 0 fully saturated rings. The Bertz CT molecular complexity index is 350. The Labute approximate surface area is 120 Å². The summed E-state index contributed by atoms with van der Waals surface area (Å²) in [6.45, 7) is 9.29. The van der Waals surface area contributed by atoms with Gasteiger partial charge in [0.25, 0.3) is 0 Å². The van der Waals surface area contributed by atoms with Crippen LogP contribution in [0.4, 0.5) is 0 Å². The van der Waals surface area contributed by atoms with Gasteiger partial charge in [-0.3, -0.25) is 9.69 Å². The number of rotatable bonds is 9. The highest BCUT2D eigenvalue weighted by molar-refractivity contribution is 7.09. The third-order valence-electron chi connectivity index (χ3n) is 3.06. The molecule has 1 aromatic heterocycles. The first-order valence-corrected chi connectivity index (χ1v) is 7.73. The molecule has 0 saturated carbocycles. The summed E-state index contributed by atoms with van der Waals surface area (Å²) in [4.78, 5) is 17.4. The zero-order chi connectivity index (χ0) is 14.1. The molecule has 5 heteroatoms. The Hall–Kier alpha value is -0.910. The first kappa shape index (κ1) is 16.1. The average molecular weight is 283 g/mol. The molecule has 1 heterocycles. The molecule has 0 bridgehead atoms. The maximum atomic E-state index is 11.8. The fourth-order valence-corrected chi connectivity index (χ4v) is 2.70. The van der Waals surface area contributed by atoms with Gasteiger partial charge in [0.15, 0.2) is 0 Å². The largest absolute Gasteiger partial charge is 0.354 e. The lowest BCUT2D eigenvalue weighted by atomic mass is 10.4. The molecule has 1 N–H and O–H groups in total. The highest BCUT2D eigenvalue weighted by Crippen LogP contribution is 2.10. The predicted molar refractivity (Wildman–Crippen MR) is 81.5 cm³/mol. The lowest BCUT2D eigenvalue weighted by molar-refractivity contribution is -0.122. The monoisotopic (exact) mass is 283 g/mol. The number of hydrogen-bond donors (Lipinski definition) is 1. The van der Waals surface area contributed by atoms with Crippen LogP contribution in [0.15, 0.2) is 17.5 Å². The Morgan fingerprint density at radius 2 is 2.11 bits per heavy atom. The first-order chi connectivity index (χ1) is 9.15. The Morgan fingerprint density at radius 1 is 1.37 bits per heavy atom. The van der Waals surface area contributed by atoms with Gasteiger partial charge in [-0.25, -0.2) is 0 Å². The van der Waals surface area contributed by atoms with Crippen LogP contribution in [-0.2, 0) is 11.3 Å². The van der Waals surface area contributed by atoms with E-state index >= 15 is 0 Å². The minimum Gasteiger partial charge on any atom is -0.354 e. The summed E-state index contributed by atoms with van der Waals surface area (Å²) in [6.07, 6.45) is 0. The molecule has 0 aromatic carbocycles. The van der Waals surface area contributed by atoms with E-state index in [1.54, 1.807) is 11.3 Å². The van der Waals surface area contributed by atoms with E-state index in [-0.39, 0.29) is 5.91 Å². The second-order valence-corrected chi connectivity index (χ2v) is 5.66. The fourth-order valence-electron chi connectivity index (χ4n) is 1.92. The quantitative estimate of drug-likeness (QED) is 0.748. The van der Waals surface area contributed by atoms with Crippen LogP contribution < -0.4 is 5.32 Å². The normalized spacial score (nSPS) is 11.2. The number of nitrogens with one attached hydrogen (secondary N) is 1. The molecule has 1 aromatic rings. The fraction of sp³-hybridized carbons (Fsp3) is 0.643. The molecule has 19 heavy (non-hydrogen) atoms. The Balaban J connectivity index is 2.16. The molecule has 108 valence electrons. The summed E-state index contributed by atoms with van der Waals surface area (Å²) in [6, 6.07) is 4.14. The van der Waals surface area contributed by atoms with Crippen LogP contribution in [0.3, 0.4) is 0 Å². The van der Waals surface area contributed by atoms with Crippen molar-refractivity contribution in [3.05, 3.63) is 22.4 Å². The van der Waals surface area contributed by atoms with Crippen LogP contribution >= 0.6 is 11.3 Å². The van der Waals surface area contributed by atoms with Crippen molar-refractivity contribution in [3.8, 4) is 0 Å². The first-order valence-electron chi connectivity index (χ1n) is 6.85. The van der Waals surface area contributed by atoms with Crippen molar-refractivity contribution in [2.75, 3.05) is 39.8 Å². The van der Waals surface area contributed by atoms with Gasteiger partial charge in [0.05, 0.1) is 6.54 Å². The lowest BCUT2D eigenvalue weighted by Gasteiger charge is -2.19. The van der Waals surface area contributed by atoms with Crippen molar-refractivity contribution in [2.45, 2.75) is 20.4 Å². The molecule has 0 atom stereocenters. The number of hydrogen-bond acceptors (Lipinski definition) is 4. The van der Waals surface area contributed by atoms with Gasteiger partial charge in [-0.2, -0.15) is 0 Å². The van der Waals surface area contributed by atoms with Crippen molar-refractivity contribution < 1.29 is 4.79 Å². The smallest absolute Gasteiger partial charge is 0.234 e. The minimum atomic E-state index is 0.103. The molecule has 0 aliphatic heterocycles. The van der Waals surface area contributed by atoms with E-state index in [0.29, 0.717) is 6.54 Å². The molecule has 1 amide bonds. The predicted octanol–water partition coefficient (Wildman–Crippen LogP) is 1.64. The van der Waals surface area contributed by atoms with Crippen LogP contribution in [0.1, 0.15) is 18.7 Å².